The largest absolute Gasteiger partial charge is 0.381 e. The molecule has 2 N–H and O–H groups in total. The van der Waals surface area contributed by atoms with E-state index in [0.717, 1.165) is 77.8 Å². The summed E-state index contributed by atoms with van der Waals surface area (Å²) in [7, 11) is 1.84. The predicted molar refractivity (Wildman–Crippen MR) is 118 cm³/mol. The Bertz CT molecular complexity index is 435. The minimum Gasteiger partial charge on any atom is -0.381 e. The second kappa shape index (κ2) is 12.4. The fourth-order valence-corrected chi connectivity index (χ4v) is 4.19. The Hall–Kier alpha value is -0.160. The quantitative estimate of drug-likeness (QED) is 0.231. The summed E-state index contributed by atoms with van der Waals surface area (Å²) in [4.78, 5) is 7.06. The van der Waals surface area contributed by atoms with Crippen molar-refractivity contribution in [3.05, 3.63) is 0 Å². The maximum absolute atomic E-state index is 5.81. The Morgan fingerprint density at radius 2 is 1.93 bits per heavy atom. The third-order valence-electron chi connectivity index (χ3n) is 5.86. The monoisotopic (exact) mass is 496 g/mol. The molecular weight excluding hydrogens is 459 g/mol. The molecule has 27 heavy (non-hydrogen) atoms. The van der Waals surface area contributed by atoms with Crippen molar-refractivity contribution in [2.45, 2.75) is 50.2 Å². The van der Waals surface area contributed by atoms with Gasteiger partial charge in [0.05, 0.1) is 12.7 Å². The Morgan fingerprint density at radius 3 is 2.59 bits per heavy atom. The van der Waals surface area contributed by atoms with E-state index < -0.39 is 0 Å². The average molecular weight is 496 g/mol. The van der Waals surface area contributed by atoms with Crippen LogP contribution in [0, 0.1) is 0 Å². The van der Waals surface area contributed by atoms with Crippen molar-refractivity contribution in [1.82, 2.24) is 15.5 Å². The third-order valence-corrected chi connectivity index (χ3v) is 5.86. The normalized spacial score (nSPS) is 26.0. The van der Waals surface area contributed by atoms with Gasteiger partial charge in [-0.2, -0.15) is 0 Å². The van der Waals surface area contributed by atoms with Gasteiger partial charge in [-0.1, -0.05) is 0 Å². The van der Waals surface area contributed by atoms with Crippen LogP contribution >= 0.6 is 24.0 Å². The molecule has 3 heterocycles. The zero-order chi connectivity index (χ0) is 18.1. The zero-order valence-electron chi connectivity index (χ0n) is 16.7. The van der Waals surface area contributed by atoms with Gasteiger partial charge < -0.3 is 24.8 Å². The smallest absolute Gasteiger partial charge is 0.191 e. The second-order valence-electron chi connectivity index (χ2n) is 7.59. The number of aliphatic imine (C=N–C) groups is 1. The molecule has 0 spiro atoms. The summed E-state index contributed by atoms with van der Waals surface area (Å²) in [5.41, 5.74) is 0.220. The van der Waals surface area contributed by atoms with E-state index in [0.29, 0.717) is 6.10 Å². The number of hydrogen-bond acceptors (Lipinski definition) is 5. The first-order chi connectivity index (χ1) is 12.8. The highest BCUT2D eigenvalue weighted by Gasteiger charge is 2.39. The molecule has 3 aliphatic heterocycles. The van der Waals surface area contributed by atoms with E-state index in [-0.39, 0.29) is 29.5 Å². The molecule has 0 amide bonds. The van der Waals surface area contributed by atoms with Crippen LogP contribution in [0.3, 0.4) is 0 Å². The van der Waals surface area contributed by atoms with E-state index in [2.05, 4.69) is 20.5 Å². The summed E-state index contributed by atoms with van der Waals surface area (Å²) < 4.78 is 16.8. The highest BCUT2D eigenvalue weighted by atomic mass is 127. The summed E-state index contributed by atoms with van der Waals surface area (Å²) >= 11 is 0. The number of nitrogens with zero attached hydrogens (tertiary/aromatic N) is 2. The molecule has 1 atom stereocenters. The van der Waals surface area contributed by atoms with Gasteiger partial charge in [-0.15, -0.1) is 24.0 Å². The molecule has 0 bridgehead atoms. The fourth-order valence-electron chi connectivity index (χ4n) is 4.19. The van der Waals surface area contributed by atoms with Gasteiger partial charge in [0, 0.05) is 52.1 Å². The van der Waals surface area contributed by atoms with Crippen molar-refractivity contribution < 1.29 is 14.2 Å². The first kappa shape index (κ1) is 23.1. The lowest BCUT2D eigenvalue weighted by molar-refractivity contribution is -0.0164. The molecule has 0 aromatic carbocycles. The maximum atomic E-state index is 5.81. The van der Waals surface area contributed by atoms with E-state index in [1.807, 2.05) is 7.05 Å². The Kier molecular flexibility index (Phi) is 10.6. The topological polar surface area (TPSA) is 67.4 Å². The molecular formula is C19H37IN4O3. The molecule has 0 aromatic heterocycles. The molecule has 0 radical (unpaired) electrons. The lowest BCUT2D eigenvalue weighted by Crippen LogP contribution is -2.58. The van der Waals surface area contributed by atoms with Gasteiger partial charge in [0.25, 0.3) is 0 Å². The van der Waals surface area contributed by atoms with Crippen LogP contribution in [0.1, 0.15) is 38.5 Å². The third kappa shape index (κ3) is 6.99. The summed E-state index contributed by atoms with van der Waals surface area (Å²) in [6.45, 7) is 8.33. The molecule has 3 rings (SSSR count). The van der Waals surface area contributed by atoms with Gasteiger partial charge in [-0.25, -0.2) is 0 Å². The summed E-state index contributed by atoms with van der Waals surface area (Å²) in [5.74, 6) is 0.888. The van der Waals surface area contributed by atoms with Crippen molar-refractivity contribution in [2.24, 2.45) is 4.99 Å². The van der Waals surface area contributed by atoms with Gasteiger partial charge in [-0.05, 0) is 51.6 Å². The maximum Gasteiger partial charge on any atom is 0.191 e. The van der Waals surface area contributed by atoms with Crippen molar-refractivity contribution in [2.75, 3.05) is 66.3 Å². The molecule has 0 aromatic rings. The van der Waals surface area contributed by atoms with Gasteiger partial charge in [0.1, 0.15) is 0 Å². The van der Waals surface area contributed by atoms with Crippen LogP contribution in [0.25, 0.3) is 0 Å². The molecule has 1 unspecified atom stereocenters. The van der Waals surface area contributed by atoms with Crippen LogP contribution in [0.15, 0.2) is 4.99 Å². The van der Waals surface area contributed by atoms with Crippen LogP contribution in [0.5, 0.6) is 0 Å². The SMILES string of the molecule is CN=C(NCCCOC1CCOC1)NCC1(N2CCCC2)CCOCC1.I. The summed E-state index contributed by atoms with van der Waals surface area (Å²) in [6, 6.07) is 0. The summed E-state index contributed by atoms with van der Waals surface area (Å²) in [5, 5.41) is 6.99. The predicted octanol–water partition coefficient (Wildman–Crippen LogP) is 1.61. The molecule has 8 heteroatoms. The number of likely N-dealkylation sites (tertiary alicyclic amines) is 1. The Labute approximate surface area is 181 Å². The fraction of sp³-hybridized carbons (Fsp3) is 0.947. The van der Waals surface area contributed by atoms with E-state index in [4.69, 9.17) is 14.2 Å². The minimum atomic E-state index is 0. The number of halogens is 1. The van der Waals surface area contributed by atoms with E-state index >= 15 is 0 Å². The van der Waals surface area contributed by atoms with Crippen LogP contribution in [-0.4, -0.2) is 88.8 Å². The van der Waals surface area contributed by atoms with E-state index in [1.165, 1.54) is 25.9 Å². The summed E-state index contributed by atoms with van der Waals surface area (Å²) in [6.07, 6.45) is 7.15. The first-order valence-corrected chi connectivity index (χ1v) is 10.3. The Balaban J connectivity index is 0.00000261. The van der Waals surface area contributed by atoms with Gasteiger partial charge in [-0.3, -0.25) is 9.89 Å². The number of guanidine groups is 1. The average Bonchev–Trinajstić information content (AvgIpc) is 3.39. The van der Waals surface area contributed by atoms with Crippen molar-refractivity contribution in [1.29, 1.82) is 0 Å². The van der Waals surface area contributed by atoms with E-state index in [1.54, 1.807) is 0 Å². The zero-order valence-corrected chi connectivity index (χ0v) is 19.0. The molecule has 7 nitrogen and oxygen atoms in total. The van der Waals surface area contributed by atoms with Crippen LogP contribution in [0.4, 0.5) is 0 Å². The van der Waals surface area contributed by atoms with Gasteiger partial charge >= 0.3 is 0 Å². The molecule has 3 saturated heterocycles. The van der Waals surface area contributed by atoms with Crippen LogP contribution < -0.4 is 10.6 Å². The lowest BCUT2D eigenvalue weighted by Gasteiger charge is -2.45. The number of ether oxygens (including phenoxy) is 3. The molecule has 0 saturated carbocycles. The highest BCUT2D eigenvalue weighted by Crippen LogP contribution is 2.30. The van der Waals surface area contributed by atoms with Crippen LogP contribution in [0.2, 0.25) is 0 Å². The lowest BCUT2D eigenvalue weighted by atomic mass is 9.88. The number of nitrogens with one attached hydrogen (secondary N) is 2. The van der Waals surface area contributed by atoms with Gasteiger partial charge in [0.15, 0.2) is 5.96 Å². The van der Waals surface area contributed by atoms with E-state index in [9.17, 15) is 0 Å². The number of hydrogen-bond donors (Lipinski definition) is 2. The first-order valence-electron chi connectivity index (χ1n) is 10.3. The minimum absolute atomic E-state index is 0. The van der Waals surface area contributed by atoms with Gasteiger partial charge in [0.2, 0.25) is 0 Å². The molecule has 158 valence electrons. The van der Waals surface area contributed by atoms with Crippen molar-refractivity contribution >= 4 is 29.9 Å². The molecule has 0 aliphatic carbocycles. The van der Waals surface area contributed by atoms with Crippen molar-refractivity contribution in [3.8, 4) is 0 Å². The number of rotatable bonds is 8. The van der Waals surface area contributed by atoms with Crippen LogP contribution in [-0.2, 0) is 14.2 Å². The highest BCUT2D eigenvalue weighted by molar-refractivity contribution is 14.0. The Morgan fingerprint density at radius 1 is 1.15 bits per heavy atom. The molecule has 3 fully saturated rings. The second-order valence-corrected chi connectivity index (χ2v) is 7.59. The standard InChI is InChI=1S/C19H36N4O3.HI/c1-20-18(21-8-4-11-26-17-5-12-25-15-17)22-16-19(6-13-24-14-7-19)23-9-2-3-10-23;/h17H,2-16H2,1H3,(H2,20,21,22);1H. The molecule has 3 aliphatic rings. The van der Waals surface area contributed by atoms with Crippen molar-refractivity contribution in [3.63, 3.8) is 0 Å².